The number of rotatable bonds is 10. The van der Waals surface area contributed by atoms with Crippen molar-refractivity contribution in [2.75, 3.05) is 38.5 Å². The van der Waals surface area contributed by atoms with Crippen molar-refractivity contribution in [3.05, 3.63) is 12.7 Å². The van der Waals surface area contributed by atoms with Gasteiger partial charge in [-0.05, 0) is 0 Å². The number of ether oxygens (including phenoxy) is 2. The van der Waals surface area contributed by atoms with E-state index in [1.54, 1.807) is 11.7 Å². The van der Waals surface area contributed by atoms with Gasteiger partial charge in [0.25, 0.3) is 0 Å². The quantitative estimate of drug-likeness (QED) is 0.319. The van der Waals surface area contributed by atoms with E-state index in [0.29, 0.717) is 30.1 Å². The van der Waals surface area contributed by atoms with Crippen molar-refractivity contribution in [3.63, 3.8) is 0 Å². The van der Waals surface area contributed by atoms with Crippen LogP contribution in [0.4, 0.5) is 5.82 Å². The summed E-state index contributed by atoms with van der Waals surface area (Å²) in [5.74, 6) is 0.558. The van der Waals surface area contributed by atoms with Crippen LogP contribution in [0, 0.1) is 0 Å². The molecule has 0 aliphatic rings. The van der Waals surface area contributed by atoms with Gasteiger partial charge < -0.3 is 34.3 Å². The standard InChI is InChI=1S/C12H20N5O6P/c1-22-3-2-13-11-10-12(15-6-14-11)17(7-16-10)4-9(18)5-23-8-24(19,20)21/h6-7,9,18H,2-5,8H2,1H3,(H,13,14,15)(H2,19,20,21). The van der Waals surface area contributed by atoms with Gasteiger partial charge in [0.05, 0.1) is 32.2 Å². The van der Waals surface area contributed by atoms with Gasteiger partial charge in [-0.2, -0.15) is 0 Å². The number of methoxy groups -OCH3 is 1. The topological polar surface area (TPSA) is 152 Å². The smallest absolute Gasteiger partial charge is 0.350 e. The molecule has 134 valence electrons. The molecule has 0 saturated heterocycles. The average Bonchev–Trinajstić information content (AvgIpc) is 2.90. The summed E-state index contributed by atoms with van der Waals surface area (Å²) >= 11 is 0. The van der Waals surface area contributed by atoms with Crippen molar-refractivity contribution < 1.29 is 28.9 Å². The van der Waals surface area contributed by atoms with Crippen LogP contribution in [0.2, 0.25) is 0 Å². The van der Waals surface area contributed by atoms with Gasteiger partial charge in [-0.1, -0.05) is 0 Å². The van der Waals surface area contributed by atoms with E-state index in [9.17, 15) is 9.67 Å². The summed E-state index contributed by atoms with van der Waals surface area (Å²) in [6.45, 7) is 0.983. The summed E-state index contributed by atoms with van der Waals surface area (Å²) in [6, 6.07) is 0. The SMILES string of the molecule is COCCNc1ncnc2c1ncn2CC(O)COCP(=O)(O)O. The minimum Gasteiger partial charge on any atom is -0.389 e. The number of anilines is 1. The van der Waals surface area contributed by atoms with E-state index in [2.05, 4.69) is 20.3 Å². The van der Waals surface area contributed by atoms with Gasteiger partial charge >= 0.3 is 7.60 Å². The van der Waals surface area contributed by atoms with Crippen LogP contribution in [-0.2, 0) is 20.6 Å². The normalized spacial score (nSPS) is 13.3. The van der Waals surface area contributed by atoms with Crippen molar-refractivity contribution in [3.8, 4) is 0 Å². The molecule has 1 atom stereocenters. The summed E-state index contributed by atoms with van der Waals surface area (Å²) < 4.78 is 22.1. The molecule has 1 unspecified atom stereocenters. The van der Waals surface area contributed by atoms with Gasteiger partial charge in [0.2, 0.25) is 0 Å². The average molecular weight is 361 g/mol. The van der Waals surface area contributed by atoms with E-state index in [-0.39, 0.29) is 13.2 Å². The monoisotopic (exact) mass is 361 g/mol. The molecule has 0 saturated carbocycles. The molecule has 4 N–H and O–H groups in total. The van der Waals surface area contributed by atoms with Crippen LogP contribution in [0.3, 0.4) is 0 Å². The lowest BCUT2D eigenvalue weighted by molar-refractivity contribution is 0.0413. The molecule has 12 heteroatoms. The molecule has 24 heavy (non-hydrogen) atoms. The Bertz CT molecular complexity index is 704. The fraction of sp³-hybridized carbons (Fsp3) is 0.583. The third-order valence-corrected chi connectivity index (χ3v) is 3.50. The van der Waals surface area contributed by atoms with Crippen molar-refractivity contribution >= 4 is 24.6 Å². The van der Waals surface area contributed by atoms with Crippen LogP contribution in [-0.4, -0.2) is 73.7 Å². The minimum absolute atomic E-state index is 0.117. The van der Waals surface area contributed by atoms with E-state index in [1.165, 1.54) is 12.7 Å². The Morgan fingerprint density at radius 1 is 1.38 bits per heavy atom. The first-order valence-electron chi connectivity index (χ1n) is 7.09. The zero-order valence-corrected chi connectivity index (χ0v) is 14.0. The lowest BCUT2D eigenvalue weighted by Crippen LogP contribution is -2.22. The number of aliphatic hydroxyl groups is 1. The van der Waals surface area contributed by atoms with E-state index in [4.69, 9.17) is 19.3 Å². The fourth-order valence-electron chi connectivity index (χ4n) is 2.00. The number of hydrogen-bond donors (Lipinski definition) is 4. The van der Waals surface area contributed by atoms with Crippen molar-refractivity contribution in [1.29, 1.82) is 0 Å². The molecule has 11 nitrogen and oxygen atoms in total. The molecule has 0 bridgehead atoms. The van der Waals surface area contributed by atoms with Gasteiger partial charge in [-0.15, -0.1) is 0 Å². The summed E-state index contributed by atoms with van der Waals surface area (Å²) in [5.41, 5.74) is 1.08. The highest BCUT2D eigenvalue weighted by molar-refractivity contribution is 7.51. The molecule has 0 spiro atoms. The lowest BCUT2D eigenvalue weighted by Gasteiger charge is -2.13. The molecule has 0 amide bonds. The molecule has 2 aromatic heterocycles. The fourth-order valence-corrected chi connectivity index (χ4v) is 2.35. The minimum atomic E-state index is -4.24. The largest absolute Gasteiger partial charge is 0.389 e. The Balaban J connectivity index is 1.99. The van der Waals surface area contributed by atoms with Crippen LogP contribution in [0.25, 0.3) is 11.2 Å². The number of imidazole rings is 1. The molecule has 2 heterocycles. The van der Waals surface area contributed by atoms with E-state index in [0.717, 1.165) is 0 Å². The van der Waals surface area contributed by atoms with Crippen molar-refractivity contribution in [2.24, 2.45) is 0 Å². The number of fused-ring (bicyclic) bond motifs is 1. The lowest BCUT2D eigenvalue weighted by atomic mass is 10.3. The van der Waals surface area contributed by atoms with Crippen LogP contribution in [0.1, 0.15) is 0 Å². The molecule has 2 aromatic rings. The van der Waals surface area contributed by atoms with Gasteiger partial charge in [0, 0.05) is 13.7 Å². The predicted molar refractivity (Wildman–Crippen MR) is 84.6 cm³/mol. The summed E-state index contributed by atoms with van der Waals surface area (Å²) in [5, 5.41) is 13.0. The third kappa shape index (κ3) is 5.48. The highest BCUT2D eigenvalue weighted by Gasteiger charge is 2.16. The molecular weight excluding hydrogens is 341 g/mol. The van der Waals surface area contributed by atoms with Gasteiger partial charge in [-0.3, -0.25) is 4.57 Å². The number of hydrogen-bond acceptors (Lipinski definition) is 8. The maximum atomic E-state index is 10.7. The summed E-state index contributed by atoms with van der Waals surface area (Å²) in [6.07, 6.45) is 1.19. The zero-order valence-electron chi connectivity index (χ0n) is 13.1. The zero-order chi connectivity index (χ0) is 17.6. The van der Waals surface area contributed by atoms with Crippen molar-refractivity contribution in [2.45, 2.75) is 12.6 Å². The Morgan fingerprint density at radius 2 is 2.17 bits per heavy atom. The molecule has 0 fully saturated rings. The Morgan fingerprint density at radius 3 is 2.88 bits per heavy atom. The van der Waals surface area contributed by atoms with Crippen LogP contribution in [0.5, 0.6) is 0 Å². The maximum absolute atomic E-state index is 10.7. The maximum Gasteiger partial charge on any atom is 0.350 e. The molecule has 2 rings (SSSR count). The van der Waals surface area contributed by atoms with Gasteiger partial charge in [-0.25, -0.2) is 15.0 Å². The van der Waals surface area contributed by atoms with Crippen LogP contribution in [0.15, 0.2) is 12.7 Å². The summed E-state index contributed by atoms with van der Waals surface area (Å²) in [7, 11) is -2.64. The number of nitrogens with one attached hydrogen (secondary N) is 1. The first kappa shape index (κ1) is 18.7. The van der Waals surface area contributed by atoms with E-state index >= 15 is 0 Å². The first-order chi connectivity index (χ1) is 11.4. The second kappa shape index (κ2) is 8.47. The second-order valence-electron chi connectivity index (χ2n) is 5.03. The molecule has 0 aliphatic heterocycles. The molecule has 0 radical (unpaired) electrons. The van der Waals surface area contributed by atoms with Crippen molar-refractivity contribution in [1.82, 2.24) is 19.5 Å². The van der Waals surface area contributed by atoms with Gasteiger partial charge in [0.15, 0.2) is 11.5 Å². The Labute approximate surface area is 137 Å². The summed E-state index contributed by atoms with van der Waals surface area (Å²) in [4.78, 5) is 29.9. The van der Waals surface area contributed by atoms with Crippen LogP contribution >= 0.6 is 7.60 Å². The Kier molecular flexibility index (Phi) is 6.60. The van der Waals surface area contributed by atoms with E-state index in [1.807, 2.05) is 0 Å². The Hall–Kier alpha value is -1.62. The molecular formula is C12H20N5O6P. The number of aromatic nitrogens is 4. The first-order valence-corrected chi connectivity index (χ1v) is 8.89. The molecule has 0 aromatic carbocycles. The third-order valence-electron chi connectivity index (χ3n) is 2.98. The number of aliphatic hydroxyl groups excluding tert-OH is 1. The molecule has 0 aliphatic carbocycles. The predicted octanol–water partition coefficient (Wildman–Crippen LogP) is -0.603. The van der Waals surface area contributed by atoms with E-state index < -0.39 is 20.0 Å². The second-order valence-corrected chi connectivity index (χ2v) is 6.62. The highest BCUT2D eigenvalue weighted by Crippen LogP contribution is 2.33. The van der Waals surface area contributed by atoms with Crippen LogP contribution < -0.4 is 5.32 Å². The number of nitrogens with zero attached hydrogens (tertiary/aromatic N) is 4. The van der Waals surface area contributed by atoms with Gasteiger partial charge in [0.1, 0.15) is 18.2 Å². The highest BCUT2D eigenvalue weighted by atomic mass is 31.2.